The smallest absolute Gasteiger partial charge is 0.337 e. The van der Waals surface area contributed by atoms with Crippen LogP contribution in [0.3, 0.4) is 0 Å². The van der Waals surface area contributed by atoms with Gasteiger partial charge < -0.3 is 19.7 Å². The van der Waals surface area contributed by atoms with Crippen molar-refractivity contribution in [1.29, 1.82) is 0 Å². The van der Waals surface area contributed by atoms with Crippen LogP contribution in [0.15, 0.2) is 46.8 Å². The first-order chi connectivity index (χ1) is 13.6. The zero-order chi connectivity index (χ0) is 19.8. The molecule has 1 fully saturated rings. The van der Waals surface area contributed by atoms with Gasteiger partial charge in [-0.1, -0.05) is 18.2 Å². The fourth-order valence-corrected chi connectivity index (χ4v) is 4.41. The Bertz CT molecular complexity index is 930. The average molecular weight is 382 g/mol. The van der Waals surface area contributed by atoms with Crippen molar-refractivity contribution < 1.29 is 23.9 Å². The van der Waals surface area contributed by atoms with Crippen molar-refractivity contribution in [2.45, 2.75) is 25.2 Å². The van der Waals surface area contributed by atoms with Crippen LogP contribution in [-0.4, -0.2) is 49.9 Å². The number of carbonyl (C=O) groups excluding carboxylic acids is 3. The molecule has 1 amide bonds. The molecule has 0 spiro atoms. The molecule has 0 saturated carbocycles. The summed E-state index contributed by atoms with van der Waals surface area (Å²) < 4.78 is 10.6. The van der Waals surface area contributed by atoms with Crippen molar-refractivity contribution in [1.82, 2.24) is 10.2 Å². The highest BCUT2D eigenvalue weighted by molar-refractivity contribution is 6.09. The number of hydrogen-bond donors (Lipinski definition) is 1. The van der Waals surface area contributed by atoms with E-state index in [1.165, 1.54) is 7.11 Å². The van der Waals surface area contributed by atoms with Gasteiger partial charge in [-0.3, -0.25) is 9.59 Å². The molecule has 0 bridgehead atoms. The van der Waals surface area contributed by atoms with Crippen molar-refractivity contribution >= 4 is 17.7 Å². The lowest BCUT2D eigenvalue weighted by atomic mass is 9.73. The molecule has 1 N–H and O–H groups in total. The highest BCUT2D eigenvalue weighted by atomic mass is 16.5. The van der Waals surface area contributed by atoms with E-state index in [9.17, 15) is 14.4 Å². The van der Waals surface area contributed by atoms with Crippen molar-refractivity contribution in [2.75, 3.05) is 27.3 Å². The molecule has 1 atom stereocenters. The van der Waals surface area contributed by atoms with Crippen LogP contribution in [0.1, 0.15) is 30.7 Å². The predicted molar refractivity (Wildman–Crippen MR) is 100 cm³/mol. The van der Waals surface area contributed by atoms with Crippen molar-refractivity contribution in [3.05, 3.63) is 52.4 Å². The SMILES string of the molecule is COC(=O)C1=C2C(=O)NCCN2C2=C(C(=O)CCC2)[C@@H]1c1ccccc1OC. The number of rotatable bonds is 3. The summed E-state index contributed by atoms with van der Waals surface area (Å²) in [6.45, 7) is 0.980. The number of ether oxygens (including phenoxy) is 2. The van der Waals surface area contributed by atoms with E-state index in [4.69, 9.17) is 9.47 Å². The molecule has 146 valence electrons. The molecule has 7 nitrogen and oxygen atoms in total. The van der Waals surface area contributed by atoms with E-state index in [-0.39, 0.29) is 23.0 Å². The van der Waals surface area contributed by atoms with Crippen LogP contribution in [0.25, 0.3) is 0 Å². The Morgan fingerprint density at radius 2 is 1.96 bits per heavy atom. The number of nitrogens with zero attached hydrogens (tertiary/aromatic N) is 1. The van der Waals surface area contributed by atoms with Crippen LogP contribution in [0.4, 0.5) is 0 Å². The molecule has 3 aliphatic rings. The van der Waals surface area contributed by atoms with Crippen molar-refractivity contribution in [2.24, 2.45) is 0 Å². The average Bonchev–Trinajstić information content (AvgIpc) is 2.72. The molecule has 0 radical (unpaired) electrons. The quantitative estimate of drug-likeness (QED) is 0.801. The third kappa shape index (κ3) is 2.69. The molecule has 7 heteroatoms. The molecule has 1 aromatic rings. The third-order valence-electron chi connectivity index (χ3n) is 5.55. The summed E-state index contributed by atoms with van der Waals surface area (Å²) in [5, 5.41) is 2.81. The molecule has 0 aromatic heterocycles. The van der Waals surface area contributed by atoms with Gasteiger partial charge in [-0.2, -0.15) is 0 Å². The second kappa shape index (κ2) is 7.14. The zero-order valence-electron chi connectivity index (χ0n) is 15.9. The van der Waals surface area contributed by atoms with Crippen LogP contribution < -0.4 is 10.1 Å². The summed E-state index contributed by atoms with van der Waals surface area (Å²) in [6, 6.07) is 7.28. The van der Waals surface area contributed by atoms with E-state index in [1.807, 2.05) is 23.1 Å². The van der Waals surface area contributed by atoms with Gasteiger partial charge in [0, 0.05) is 36.3 Å². The number of nitrogens with one attached hydrogen (secondary N) is 1. The maximum Gasteiger partial charge on any atom is 0.337 e. The van der Waals surface area contributed by atoms with E-state index < -0.39 is 11.9 Å². The highest BCUT2D eigenvalue weighted by Gasteiger charge is 2.46. The van der Waals surface area contributed by atoms with E-state index in [2.05, 4.69) is 5.32 Å². The lowest BCUT2D eigenvalue weighted by molar-refractivity contribution is -0.137. The Labute approximate surface area is 163 Å². The van der Waals surface area contributed by atoms with E-state index in [0.717, 1.165) is 12.1 Å². The van der Waals surface area contributed by atoms with Crippen LogP contribution in [0.5, 0.6) is 5.75 Å². The molecule has 2 aliphatic heterocycles. The van der Waals surface area contributed by atoms with Gasteiger partial charge >= 0.3 is 5.97 Å². The summed E-state index contributed by atoms with van der Waals surface area (Å²) in [6.07, 6.45) is 1.85. The van der Waals surface area contributed by atoms with Crippen LogP contribution in [0, 0.1) is 0 Å². The predicted octanol–water partition coefficient (Wildman–Crippen LogP) is 1.66. The fourth-order valence-electron chi connectivity index (χ4n) is 4.41. The third-order valence-corrected chi connectivity index (χ3v) is 5.55. The van der Waals surface area contributed by atoms with Crippen molar-refractivity contribution in [3.8, 4) is 5.75 Å². The Morgan fingerprint density at radius 1 is 1.18 bits per heavy atom. The number of methoxy groups -OCH3 is 2. The normalized spacial score (nSPS) is 21.8. The molecule has 1 saturated heterocycles. The summed E-state index contributed by atoms with van der Waals surface area (Å²) >= 11 is 0. The molecule has 28 heavy (non-hydrogen) atoms. The maximum atomic E-state index is 13.0. The van der Waals surface area contributed by atoms with E-state index >= 15 is 0 Å². The maximum absolute atomic E-state index is 13.0. The highest BCUT2D eigenvalue weighted by Crippen LogP contribution is 2.48. The molecule has 2 heterocycles. The van der Waals surface area contributed by atoms with Crippen LogP contribution in [-0.2, 0) is 19.1 Å². The van der Waals surface area contributed by atoms with Gasteiger partial charge in [0.15, 0.2) is 5.78 Å². The minimum absolute atomic E-state index is 0.00332. The number of para-hydroxylation sites is 1. The Hall–Kier alpha value is -3.09. The molecular weight excluding hydrogens is 360 g/mol. The Balaban J connectivity index is 2.04. The van der Waals surface area contributed by atoms with Gasteiger partial charge in [0.25, 0.3) is 5.91 Å². The first-order valence-corrected chi connectivity index (χ1v) is 9.35. The number of fused-ring (bicyclic) bond motifs is 2. The van der Waals surface area contributed by atoms with Gasteiger partial charge in [0.1, 0.15) is 11.4 Å². The molecule has 1 aromatic carbocycles. The second-order valence-corrected chi connectivity index (χ2v) is 6.97. The molecule has 4 rings (SSSR count). The number of piperazine rings is 1. The number of ketones is 1. The summed E-state index contributed by atoms with van der Waals surface area (Å²) in [5.74, 6) is -1.07. The topological polar surface area (TPSA) is 84.9 Å². The fraction of sp³-hybridized carbons (Fsp3) is 0.381. The minimum Gasteiger partial charge on any atom is -0.496 e. The van der Waals surface area contributed by atoms with Gasteiger partial charge in [-0.15, -0.1) is 0 Å². The summed E-state index contributed by atoms with van der Waals surface area (Å²) in [7, 11) is 2.83. The number of allylic oxidation sites excluding steroid dienone is 2. The standard InChI is InChI=1S/C21H22N2O5/c1-27-15-9-4-3-6-12(15)16-17-13(7-5-8-14(17)24)23-11-10-22-20(25)19(23)18(16)21(26)28-2/h3-4,6,9,16H,5,7-8,10-11H2,1-2H3,(H,22,25)/t16-/m0/s1. The molecule has 0 unspecified atom stereocenters. The molecule has 1 aliphatic carbocycles. The number of carbonyl (C=O) groups is 3. The second-order valence-electron chi connectivity index (χ2n) is 6.97. The lowest BCUT2D eigenvalue weighted by Crippen LogP contribution is -2.50. The largest absolute Gasteiger partial charge is 0.496 e. The van der Waals surface area contributed by atoms with Crippen LogP contribution in [0.2, 0.25) is 0 Å². The van der Waals surface area contributed by atoms with E-state index in [1.54, 1.807) is 13.2 Å². The zero-order valence-corrected chi connectivity index (χ0v) is 15.9. The first kappa shape index (κ1) is 18.3. The lowest BCUT2D eigenvalue weighted by Gasteiger charge is -2.43. The summed E-state index contributed by atoms with van der Waals surface area (Å²) in [4.78, 5) is 40.5. The van der Waals surface area contributed by atoms with Gasteiger partial charge in [0.05, 0.1) is 25.7 Å². The number of benzene rings is 1. The summed E-state index contributed by atoms with van der Waals surface area (Å²) in [5.41, 5.74) is 2.57. The van der Waals surface area contributed by atoms with Gasteiger partial charge in [0.2, 0.25) is 0 Å². The van der Waals surface area contributed by atoms with Crippen molar-refractivity contribution in [3.63, 3.8) is 0 Å². The Morgan fingerprint density at radius 3 is 2.71 bits per heavy atom. The number of esters is 1. The van der Waals surface area contributed by atoms with Gasteiger partial charge in [-0.25, -0.2) is 4.79 Å². The first-order valence-electron chi connectivity index (χ1n) is 9.35. The number of hydrogen-bond acceptors (Lipinski definition) is 6. The molecular formula is C21H22N2O5. The Kier molecular flexibility index (Phi) is 4.66. The minimum atomic E-state index is -0.693. The van der Waals surface area contributed by atoms with Crippen LogP contribution >= 0.6 is 0 Å². The van der Waals surface area contributed by atoms with Gasteiger partial charge in [-0.05, 0) is 18.9 Å². The van der Waals surface area contributed by atoms with E-state index in [0.29, 0.717) is 42.8 Å². The number of amides is 1. The monoisotopic (exact) mass is 382 g/mol. The number of Topliss-reactive ketones (excluding diaryl/α,β-unsaturated/α-hetero) is 1.